The van der Waals surface area contributed by atoms with Crippen LogP contribution in [0.2, 0.25) is 0 Å². The van der Waals surface area contributed by atoms with Crippen molar-refractivity contribution < 1.29 is 13.2 Å². The van der Waals surface area contributed by atoms with E-state index >= 15 is 0 Å². The van der Waals surface area contributed by atoms with Gasteiger partial charge in [0, 0.05) is 11.1 Å². The summed E-state index contributed by atoms with van der Waals surface area (Å²) in [6.45, 7) is 0. The van der Waals surface area contributed by atoms with E-state index in [4.69, 9.17) is 0 Å². The molecular formula is C20H13F3N2. The molecule has 0 aliphatic carbocycles. The lowest BCUT2D eigenvalue weighted by atomic mass is 10.0. The molecule has 0 aliphatic heterocycles. The van der Waals surface area contributed by atoms with E-state index in [2.05, 4.69) is 5.10 Å². The van der Waals surface area contributed by atoms with Crippen molar-refractivity contribution in [3.05, 3.63) is 78.9 Å². The van der Waals surface area contributed by atoms with Crippen molar-refractivity contribution >= 4 is 10.8 Å². The second kappa shape index (κ2) is 5.77. The quantitative estimate of drug-likeness (QED) is 0.448. The van der Waals surface area contributed by atoms with Crippen LogP contribution in [-0.4, -0.2) is 9.78 Å². The van der Waals surface area contributed by atoms with Crippen LogP contribution in [0, 0.1) is 0 Å². The minimum atomic E-state index is -4.60. The van der Waals surface area contributed by atoms with Crippen LogP contribution in [0.4, 0.5) is 13.2 Å². The fourth-order valence-electron chi connectivity index (χ4n) is 2.96. The van der Waals surface area contributed by atoms with Gasteiger partial charge in [-0.3, -0.25) is 0 Å². The average molecular weight is 338 g/mol. The maximum Gasteiger partial charge on any atom is 0.505 e. The second-order valence-corrected chi connectivity index (χ2v) is 5.69. The second-order valence-electron chi connectivity index (χ2n) is 5.69. The molecule has 5 heteroatoms. The molecule has 4 rings (SSSR count). The average Bonchev–Trinajstić information content (AvgIpc) is 3.08. The third-order valence-electron chi connectivity index (χ3n) is 4.08. The minimum Gasteiger partial charge on any atom is -0.170 e. The zero-order valence-electron chi connectivity index (χ0n) is 13.0. The van der Waals surface area contributed by atoms with Gasteiger partial charge in [0.25, 0.3) is 0 Å². The van der Waals surface area contributed by atoms with Gasteiger partial charge in [-0.25, -0.2) is 0 Å². The third kappa shape index (κ3) is 2.78. The molecule has 0 aliphatic rings. The van der Waals surface area contributed by atoms with Gasteiger partial charge in [-0.1, -0.05) is 72.8 Å². The summed E-state index contributed by atoms with van der Waals surface area (Å²) in [5, 5.41) is 5.47. The van der Waals surface area contributed by atoms with Gasteiger partial charge in [-0.15, -0.1) is 13.2 Å². The van der Waals surface area contributed by atoms with Crippen LogP contribution < -0.4 is 0 Å². The van der Waals surface area contributed by atoms with E-state index in [-0.39, 0.29) is 10.4 Å². The van der Waals surface area contributed by atoms with Crippen molar-refractivity contribution in [3.63, 3.8) is 0 Å². The molecule has 124 valence electrons. The van der Waals surface area contributed by atoms with E-state index in [0.717, 1.165) is 10.8 Å². The Morgan fingerprint density at radius 3 is 2.20 bits per heavy atom. The number of hydrogen-bond acceptors (Lipinski definition) is 1. The van der Waals surface area contributed by atoms with Crippen LogP contribution in [0.25, 0.3) is 33.3 Å². The number of aromatic nitrogens is 2. The van der Waals surface area contributed by atoms with Gasteiger partial charge in [0.1, 0.15) is 0 Å². The monoisotopic (exact) mass is 338 g/mol. The molecule has 0 N–H and O–H groups in total. The first kappa shape index (κ1) is 15.4. The third-order valence-corrected chi connectivity index (χ3v) is 4.08. The number of hydrogen-bond donors (Lipinski definition) is 0. The molecule has 0 saturated heterocycles. The predicted octanol–water partition coefficient (Wildman–Crippen LogP) is 5.85. The van der Waals surface area contributed by atoms with Gasteiger partial charge in [-0.2, -0.15) is 9.78 Å². The number of halogens is 3. The standard InChI is InChI=1S/C20H13F3N2/c21-20(22,23)25-19(13-18(24-25)15-8-2-1-3-9-15)17-12-6-10-14-7-4-5-11-16(14)17/h1-13H. The highest BCUT2D eigenvalue weighted by molar-refractivity contribution is 5.96. The topological polar surface area (TPSA) is 17.8 Å². The summed E-state index contributed by atoms with van der Waals surface area (Å²) in [7, 11) is 0. The molecule has 4 aromatic rings. The summed E-state index contributed by atoms with van der Waals surface area (Å²) >= 11 is 0. The smallest absolute Gasteiger partial charge is 0.170 e. The molecule has 0 atom stereocenters. The summed E-state index contributed by atoms with van der Waals surface area (Å²) in [6, 6.07) is 23.1. The molecule has 1 aromatic heterocycles. The van der Waals surface area contributed by atoms with Gasteiger partial charge < -0.3 is 0 Å². The van der Waals surface area contributed by atoms with E-state index in [1.165, 1.54) is 6.07 Å². The van der Waals surface area contributed by atoms with Crippen LogP contribution >= 0.6 is 0 Å². The fraction of sp³-hybridized carbons (Fsp3) is 0.0500. The molecule has 0 fully saturated rings. The number of rotatable bonds is 2. The molecule has 0 saturated carbocycles. The largest absolute Gasteiger partial charge is 0.505 e. The van der Waals surface area contributed by atoms with E-state index < -0.39 is 6.30 Å². The Bertz CT molecular complexity index is 1030. The molecule has 0 spiro atoms. The highest BCUT2D eigenvalue weighted by atomic mass is 19.4. The zero-order valence-corrected chi connectivity index (χ0v) is 13.0. The highest BCUT2D eigenvalue weighted by Gasteiger charge is 2.35. The summed E-state index contributed by atoms with van der Waals surface area (Å²) in [4.78, 5) is 0. The Morgan fingerprint density at radius 1 is 0.760 bits per heavy atom. The molecule has 0 amide bonds. The molecule has 25 heavy (non-hydrogen) atoms. The lowest BCUT2D eigenvalue weighted by Gasteiger charge is -2.12. The maximum absolute atomic E-state index is 13.6. The SMILES string of the molecule is FC(F)(F)n1nc(-c2ccccc2)cc1-c1cccc2ccccc12. The Hall–Kier alpha value is -3.08. The van der Waals surface area contributed by atoms with Crippen LogP contribution in [0.3, 0.4) is 0 Å². The lowest BCUT2D eigenvalue weighted by Crippen LogP contribution is -2.19. The Morgan fingerprint density at radius 2 is 1.44 bits per heavy atom. The van der Waals surface area contributed by atoms with Gasteiger partial charge in [0.15, 0.2) is 0 Å². The fourth-order valence-corrected chi connectivity index (χ4v) is 2.96. The number of benzene rings is 3. The van der Waals surface area contributed by atoms with Crippen molar-refractivity contribution in [2.24, 2.45) is 0 Å². The molecule has 3 aromatic carbocycles. The molecule has 0 bridgehead atoms. The molecule has 2 nitrogen and oxygen atoms in total. The van der Waals surface area contributed by atoms with Crippen LogP contribution in [-0.2, 0) is 6.30 Å². The Balaban J connectivity index is 1.99. The van der Waals surface area contributed by atoms with Crippen LogP contribution in [0.1, 0.15) is 0 Å². The van der Waals surface area contributed by atoms with Gasteiger partial charge in [0.2, 0.25) is 0 Å². The first-order chi connectivity index (χ1) is 12.0. The predicted molar refractivity (Wildman–Crippen MR) is 91.9 cm³/mol. The Kier molecular flexibility index (Phi) is 3.57. The highest BCUT2D eigenvalue weighted by Crippen LogP contribution is 2.36. The van der Waals surface area contributed by atoms with E-state index in [9.17, 15) is 13.2 Å². The van der Waals surface area contributed by atoms with E-state index in [0.29, 0.717) is 16.8 Å². The number of nitrogens with zero attached hydrogens (tertiary/aromatic N) is 2. The summed E-state index contributed by atoms with van der Waals surface area (Å²) in [5.41, 5.74) is 1.47. The van der Waals surface area contributed by atoms with Crippen LogP contribution in [0.15, 0.2) is 78.9 Å². The van der Waals surface area contributed by atoms with Gasteiger partial charge >= 0.3 is 6.30 Å². The van der Waals surface area contributed by atoms with Gasteiger partial charge in [-0.05, 0) is 16.8 Å². The molecule has 1 heterocycles. The maximum atomic E-state index is 13.6. The van der Waals surface area contributed by atoms with Crippen molar-refractivity contribution in [3.8, 4) is 22.5 Å². The van der Waals surface area contributed by atoms with Crippen molar-refractivity contribution in [2.75, 3.05) is 0 Å². The minimum absolute atomic E-state index is 0.0307. The first-order valence-corrected chi connectivity index (χ1v) is 7.75. The van der Waals surface area contributed by atoms with E-state index in [1.807, 2.05) is 36.4 Å². The number of alkyl halides is 3. The molecule has 0 unspecified atom stereocenters. The lowest BCUT2D eigenvalue weighted by molar-refractivity contribution is -0.210. The zero-order chi connectivity index (χ0) is 17.4. The normalized spacial score (nSPS) is 11.8. The van der Waals surface area contributed by atoms with Crippen molar-refractivity contribution in [1.29, 1.82) is 0 Å². The summed E-state index contributed by atoms with van der Waals surface area (Å²) in [6.07, 6.45) is -4.60. The van der Waals surface area contributed by atoms with Gasteiger partial charge in [0.05, 0.1) is 11.4 Å². The van der Waals surface area contributed by atoms with Crippen molar-refractivity contribution in [2.45, 2.75) is 6.30 Å². The van der Waals surface area contributed by atoms with E-state index in [1.54, 1.807) is 36.4 Å². The summed E-state index contributed by atoms with van der Waals surface area (Å²) in [5.74, 6) is 0. The molecular weight excluding hydrogens is 325 g/mol. The van der Waals surface area contributed by atoms with Crippen molar-refractivity contribution in [1.82, 2.24) is 9.78 Å². The number of fused-ring (bicyclic) bond motifs is 1. The summed E-state index contributed by atoms with van der Waals surface area (Å²) < 4.78 is 40.8. The molecule has 0 radical (unpaired) electrons. The van der Waals surface area contributed by atoms with Crippen LogP contribution in [0.5, 0.6) is 0 Å². The first-order valence-electron chi connectivity index (χ1n) is 7.75. The Labute approximate surface area is 142 Å².